The highest BCUT2D eigenvalue weighted by Gasteiger charge is 2.37. The lowest BCUT2D eigenvalue weighted by Crippen LogP contribution is -2.55. The highest BCUT2D eigenvalue weighted by molar-refractivity contribution is 5.99. The lowest BCUT2D eigenvalue weighted by Gasteiger charge is -2.39. The monoisotopic (exact) mass is 566 g/mol. The summed E-state index contributed by atoms with van der Waals surface area (Å²) in [7, 11) is 1.68. The van der Waals surface area contributed by atoms with E-state index in [0.717, 1.165) is 18.5 Å². The summed E-state index contributed by atoms with van der Waals surface area (Å²) in [6, 6.07) is 8.04. The molecule has 9 nitrogen and oxygen atoms in total. The van der Waals surface area contributed by atoms with Crippen molar-refractivity contribution in [1.82, 2.24) is 20.2 Å². The molecule has 0 aliphatic carbocycles. The van der Waals surface area contributed by atoms with Crippen molar-refractivity contribution >= 4 is 23.3 Å². The van der Waals surface area contributed by atoms with Crippen molar-refractivity contribution in [1.29, 1.82) is 0 Å². The highest BCUT2D eigenvalue weighted by Crippen LogP contribution is 2.31. The molecule has 1 fully saturated rings. The SMILES string of the molecule is C.COCCCNc1nc(C(C)(C)C)ncc1C(=O)N(CC(C)C)[C@@H]1CNC[C@H](C(=O)N2CCc3ccccc32)C1. The van der Waals surface area contributed by atoms with E-state index in [1.54, 1.807) is 13.3 Å². The van der Waals surface area contributed by atoms with Crippen molar-refractivity contribution in [2.75, 3.05) is 56.7 Å². The van der Waals surface area contributed by atoms with Crippen LogP contribution < -0.4 is 15.5 Å². The molecule has 1 aromatic heterocycles. The summed E-state index contributed by atoms with van der Waals surface area (Å²) in [4.78, 5) is 41.2. The number of hydrogen-bond acceptors (Lipinski definition) is 7. The summed E-state index contributed by atoms with van der Waals surface area (Å²) in [5, 5.41) is 6.83. The number of carbonyl (C=O) groups excluding carboxylic acids is 2. The van der Waals surface area contributed by atoms with Crippen LogP contribution in [-0.2, 0) is 21.4 Å². The number of carbonyl (C=O) groups is 2. The quantitative estimate of drug-likeness (QED) is 0.408. The smallest absolute Gasteiger partial charge is 0.259 e. The van der Waals surface area contributed by atoms with Crippen LogP contribution in [0.15, 0.2) is 30.5 Å². The number of nitrogens with zero attached hydrogens (tertiary/aromatic N) is 4. The number of benzene rings is 1. The standard InChI is InChI=1S/C31H46N6O3.CH4/c1-21(2)20-37(29(39)25-19-34-30(31(3,4)5)35-27(25)33-13-9-15-40-6)24-16-23(17-32-18-24)28(38)36-14-12-22-10-7-8-11-26(22)36;/h7-8,10-11,19,21,23-24,32H,9,12-18,20H2,1-6H3,(H,33,34,35);1H4/t23-,24+;/m1./s1. The summed E-state index contributed by atoms with van der Waals surface area (Å²) >= 11 is 0. The molecule has 0 spiro atoms. The fraction of sp³-hybridized carbons (Fsp3) is 0.625. The third-order valence-corrected chi connectivity index (χ3v) is 7.60. The average molecular weight is 567 g/mol. The van der Waals surface area contributed by atoms with Gasteiger partial charge in [-0.2, -0.15) is 0 Å². The molecule has 226 valence electrons. The number of aromatic nitrogens is 2. The molecule has 2 N–H and O–H groups in total. The van der Waals surface area contributed by atoms with Crippen LogP contribution in [0.2, 0.25) is 0 Å². The summed E-state index contributed by atoms with van der Waals surface area (Å²) in [5.41, 5.74) is 2.45. The number of fused-ring (bicyclic) bond motifs is 1. The number of amides is 2. The van der Waals surface area contributed by atoms with E-state index in [9.17, 15) is 9.59 Å². The van der Waals surface area contributed by atoms with Crippen LogP contribution in [-0.4, -0.2) is 79.2 Å². The molecule has 0 saturated carbocycles. The Kier molecular flexibility index (Phi) is 11.3. The number of piperidine rings is 1. The summed E-state index contributed by atoms with van der Waals surface area (Å²) in [6.45, 7) is 14.2. The van der Waals surface area contributed by atoms with Gasteiger partial charge in [0, 0.05) is 69.8 Å². The normalized spacial score (nSPS) is 18.6. The first kappa shape index (κ1) is 32.5. The van der Waals surface area contributed by atoms with E-state index in [2.05, 4.69) is 56.3 Å². The molecule has 2 atom stereocenters. The van der Waals surface area contributed by atoms with Crippen LogP contribution in [0.25, 0.3) is 0 Å². The van der Waals surface area contributed by atoms with Gasteiger partial charge in [-0.15, -0.1) is 0 Å². The molecule has 3 heterocycles. The Morgan fingerprint density at radius 2 is 1.98 bits per heavy atom. The van der Waals surface area contributed by atoms with Crippen molar-refractivity contribution in [3.63, 3.8) is 0 Å². The van der Waals surface area contributed by atoms with Gasteiger partial charge in [-0.3, -0.25) is 9.59 Å². The Morgan fingerprint density at radius 3 is 2.68 bits per heavy atom. The van der Waals surface area contributed by atoms with Crippen molar-refractivity contribution < 1.29 is 14.3 Å². The molecule has 0 radical (unpaired) electrons. The maximum atomic E-state index is 14.2. The van der Waals surface area contributed by atoms with Gasteiger partial charge in [0.05, 0.1) is 5.92 Å². The fourth-order valence-electron chi connectivity index (χ4n) is 5.54. The van der Waals surface area contributed by atoms with Crippen LogP contribution in [0.3, 0.4) is 0 Å². The van der Waals surface area contributed by atoms with E-state index in [1.807, 2.05) is 28.0 Å². The molecule has 9 heteroatoms. The minimum atomic E-state index is -0.253. The Morgan fingerprint density at radius 1 is 1.22 bits per heavy atom. The predicted molar refractivity (Wildman–Crippen MR) is 166 cm³/mol. The second kappa shape index (κ2) is 14.2. The third-order valence-electron chi connectivity index (χ3n) is 7.60. The second-order valence-corrected chi connectivity index (χ2v) is 12.4. The number of rotatable bonds is 10. The molecular weight excluding hydrogens is 516 g/mol. The van der Waals surface area contributed by atoms with Gasteiger partial charge < -0.3 is 25.2 Å². The molecule has 0 bridgehead atoms. The number of ether oxygens (including phenoxy) is 1. The molecule has 4 rings (SSSR count). The number of para-hydroxylation sites is 1. The number of nitrogens with one attached hydrogen (secondary N) is 2. The van der Waals surface area contributed by atoms with Gasteiger partial charge in [0.25, 0.3) is 5.91 Å². The van der Waals surface area contributed by atoms with E-state index < -0.39 is 0 Å². The molecular formula is C32H50N6O3. The van der Waals surface area contributed by atoms with Gasteiger partial charge in [-0.05, 0) is 36.8 Å². The Bertz CT molecular complexity index is 1180. The van der Waals surface area contributed by atoms with Crippen molar-refractivity contribution in [2.24, 2.45) is 11.8 Å². The Balaban J connectivity index is 0.00000462. The van der Waals surface area contributed by atoms with Gasteiger partial charge in [-0.1, -0.05) is 60.2 Å². The van der Waals surface area contributed by atoms with Crippen LogP contribution in [0.1, 0.15) is 76.6 Å². The first-order valence-corrected chi connectivity index (χ1v) is 14.6. The molecule has 2 amide bonds. The van der Waals surface area contributed by atoms with Gasteiger partial charge in [0.15, 0.2) is 0 Å². The molecule has 1 aromatic carbocycles. The van der Waals surface area contributed by atoms with E-state index >= 15 is 0 Å². The molecule has 1 saturated heterocycles. The van der Waals surface area contributed by atoms with Crippen LogP contribution in [0, 0.1) is 11.8 Å². The van der Waals surface area contributed by atoms with Gasteiger partial charge in [0.2, 0.25) is 5.91 Å². The minimum absolute atomic E-state index is 0. The van der Waals surface area contributed by atoms with E-state index in [-0.39, 0.29) is 42.5 Å². The maximum absolute atomic E-state index is 14.2. The second-order valence-electron chi connectivity index (χ2n) is 12.4. The molecule has 2 aliphatic heterocycles. The number of hydrogen-bond donors (Lipinski definition) is 2. The Labute approximate surface area is 246 Å². The first-order valence-electron chi connectivity index (χ1n) is 14.6. The average Bonchev–Trinajstić information content (AvgIpc) is 3.37. The predicted octanol–water partition coefficient (Wildman–Crippen LogP) is 4.52. The van der Waals surface area contributed by atoms with Gasteiger partial charge in [-0.25, -0.2) is 9.97 Å². The number of methoxy groups -OCH3 is 1. The summed E-state index contributed by atoms with van der Waals surface area (Å²) < 4.78 is 5.20. The molecule has 2 aliphatic rings. The first-order chi connectivity index (χ1) is 19.1. The van der Waals surface area contributed by atoms with Crippen LogP contribution in [0.5, 0.6) is 0 Å². The topological polar surface area (TPSA) is 99.7 Å². The number of anilines is 2. The zero-order valence-electron chi connectivity index (χ0n) is 25.0. The Hall–Kier alpha value is -3.04. The molecule has 0 unspecified atom stereocenters. The van der Waals surface area contributed by atoms with E-state index in [1.165, 1.54) is 5.56 Å². The molecule has 41 heavy (non-hydrogen) atoms. The van der Waals surface area contributed by atoms with Gasteiger partial charge in [0.1, 0.15) is 17.2 Å². The zero-order chi connectivity index (χ0) is 28.9. The van der Waals surface area contributed by atoms with E-state index in [0.29, 0.717) is 63.0 Å². The van der Waals surface area contributed by atoms with Crippen molar-refractivity contribution in [2.45, 2.75) is 72.8 Å². The zero-order valence-corrected chi connectivity index (χ0v) is 25.0. The summed E-state index contributed by atoms with van der Waals surface area (Å²) in [6.07, 6.45) is 3.97. The van der Waals surface area contributed by atoms with E-state index in [4.69, 9.17) is 9.72 Å². The third kappa shape index (κ3) is 7.83. The molecule has 2 aromatic rings. The maximum Gasteiger partial charge on any atom is 0.259 e. The largest absolute Gasteiger partial charge is 0.385 e. The fourth-order valence-corrected chi connectivity index (χ4v) is 5.54. The van der Waals surface area contributed by atoms with Crippen LogP contribution in [0.4, 0.5) is 11.5 Å². The summed E-state index contributed by atoms with van der Waals surface area (Å²) in [5.74, 6) is 1.34. The minimum Gasteiger partial charge on any atom is -0.385 e. The highest BCUT2D eigenvalue weighted by atomic mass is 16.5. The lowest BCUT2D eigenvalue weighted by molar-refractivity contribution is -0.123. The van der Waals surface area contributed by atoms with Gasteiger partial charge >= 0.3 is 0 Å². The van der Waals surface area contributed by atoms with Crippen LogP contribution >= 0.6 is 0 Å². The van der Waals surface area contributed by atoms with Crippen molar-refractivity contribution in [3.05, 3.63) is 47.4 Å². The lowest BCUT2D eigenvalue weighted by atomic mass is 9.92. The van der Waals surface area contributed by atoms with Crippen molar-refractivity contribution in [3.8, 4) is 0 Å².